The number of aryl methyl sites for hydroxylation is 2. The summed E-state index contributed by atoms with van der Waals surface area (Å²) < 4.78 is 0. The van der Waals surface area contributed by atoms with Crippen LogP contribution >= 0.6 is 11.3 Å². The van der Waals surface area contributed by atoms with Gasteiger partial charge in [-0.25, -0.2) is 0 Å². The topological polar surface area (TPSA) is 32.3 Å². The highest BCUT2D eigenvalue weighted by Crippen LogP contribution is 2.30. The van der Waals surface area contributed by atoms with Gasteiger partial charge in [-0.05, 0) is 56.1 Å². The molecule has 0 radical (unpaired) electrons. The van der Waals surface area contributed by atoms with E-state index in [1.165, 1.54) is 28.0 Å². The highest BCUT2D eigenvalue weighted by Gasteiger charge is 2.18. The van der Waals surface area contributed by atoms with Crippen LogP contribution in [0.5, 0.6) is 0 Å². The monoisotopic (exact) mass is 314 g/mol. The second kappa shape index (κ2) is 6.63. The highest BCUT2D eigenvalue weighted by atomic mass is 32.1. The Morgan fingerprint density at radius 3 is 2.73 bits per heavy atom. The van der Waals surface area contributed by atoms with Gasteiger partial charge in [0.2, 0.25) is 0 Å². The van der Waals surface area contributed by atoms with Crippen molar-refractivity contribution in [2.24, 2.45) is 0 Å². The molecule has 0 fully saturated rings. The Labute approximate surface area is 136 Å². The maximum Gasteiger partial charge on any atom is 0.261 e. The molecule has 1 aliphatic rings. The van der Waals surface area contributed by atoms with Gasteiger partial charge in [-0.3, -0.25) is 4.79 Å². The smallest absolute Gasteiger partial charge is 0.261 e. The number of thiophene rings is 1. The molecule has 0 spiro atoms. The number of amides is 1. The van der Waals surface area contributed by atoms with Crippen molar-refractivity contribution in [1.82, 2.24) is 10.2 Å². The van der Waals surface area contributed by atoms with Gasteiger partial charge in [-0.15, -0.1) is 11.3 Å². The molecule has 0 saturated carbocycles. The Morgan fingerprint density at radius 2 is 2.00 bits per heavy atom. The number of nitrogens with one attached hydrogen (secondary N) is 1. The van der Waals surface area contributed by atoms with Gasteiger partial charge >= 0.3 is 0 Å². The number of benzene rings is 1. The maximum absolute atomic E-state index is 12.3. The summed E-state index contributed by atoms with van der Waals surface area (Å²) in [7, 11) is 4.12. The van der Waals surface area contributed by atoms with Crippen LogP contribution in [0.3, 0.4) is 0 Å². The third-order valence-electron chi connectivity index (χ3n) is 4.01. The molecule has 1 N–H and O–H groups in total. The van der Waals surface area contributed by atoms with E-state index in [2.05, 4.69) is 42.5 Å². The van der Waals surface area contributed by atoms with Crippen molar-refractivity contribution in [3.05, 3.63) is 56.8 Å². The van der Waals surface area contributed by atoms with Crippen molar-refractivity contribution >= 4 is 17.2 Å². The number of carbonyl (C=O) groups is 1. The lowest BCUT2D eigenvalue weighted by molar-refractivity contribution is 0.0955. The minimum Gasteiger partial charge on any atom is -0.347 e. The molecular weight excluding hydrogens is 292 g/mol. The van der Waals surface area contributed by atoms with Gasteiger partial charge in [0.15, 0.2) is 0 Å². The molecular formula is C18H22N2OS. The van der Waals surface area contributed by atoms with E-state index >= 15 is 0 Å². The molecule has 0 bridgehead atoms. The maximum atomic E-state index is 12.3. The molecule has 116 valence electrons. The molecule has 3 nitrogen and oxygen atoms in total. The number of hydrogen-bond acceptors (Lipinski definition) is 3. The zero-order valence-corrected chi connectivity index (χ0v) is 14.0. The van der Waals surface area contributed by atoms with E-state index in [9.17, 15) is 4.79 Å². The summed E-state index contributed by atoms with van der Waals surface area (Å²) in [5, 5.41) is 3.07. The minimum atomic E-state index is 0.0547. The molecule has 1 aromatic carbocycles. The molecule has 1 amide bonds. The lowest BCUT2D eigenvalue weighted by Crippen LogP contribution is -2.23. The van der Waals surface area contributed by atoms with Crippen LogP contribution in [0.1, 0.15) is 37.7 Å². The van der Waals surface area contributed by atoms with Gasteiger partial charge in [0.05, 0.1) is 4.88 Å². The van der Waals surface area contributed by atoms with Crippen LogP contribution < -0.4 is 5.32 Å². The Kier molecular flexibility index (Phi) is 4.60. The predicted octanol–water partition coefficient (Wildman–Crippen LogP) is 3.23. The fourth-order valence-corrected chi connectivity index (χ4v) is 4.10. The average molecular weight is 314 g/mol. The summed E-state index contributed by atoms with van der Waals surface area (Å²) in [6.45, 7) is 1.48. The summed E-state index contributed by atoms with van der Waals surface area (Å²) in [5.41, 5.74) is 3.83. The van der Waals surface area contributed by atoms with Crippen molar-refractivity contribution in [3.63, 3.8) is 0 Å². The molecule has 1 aromatic heterocycles. The second-order valence-corrected chi connectivity index (χ2v) is 7.24. The summed E-state index contributed by atoms with van der Waals surface area (Å²) in [6, 6.07) is 10.4. The number of hydrogen-bond donors (Lipinski definition) is 1. The van der Waals surface area contributed by atoms with E-state index in [4.69, 9.17) is 0 Å². The average Bonchev–Trinajstić information content (AvgIpc) is 3.06. The third-order valence-corrected chi connectivity index (χ3v) is 5.25. The molecule has 3 rings (SSSR count). The number of rotatable bonds is 5. The van der Waals surface area contributed by atoms with Gasteiger partial charge in [0.1, 0.15) is 0 Å². The number of carbonyl (C=O) groups excluding carboxylic acids is 1. The summed E-state index contributed by atoms with van der Waals surface area (Å²) >= 11 is 1.66. The van der Waals surface area contributed by atoms with Crippen molar-refractivity contribution < 1.29 is 4.79 Å². The Morgan fingerprint density at radius 1 is 1.23 bits per heavy atom. The van der Waals surface area contributed by atoms with Crippen LogP contribution in [0.15, 0.2) is 30.3 Å². The zero-order chi connectivity index (χ0) is 15.5. The van der Waals surface area contributed by atoms with E-state index in [-0.39, 0.29) is 5.91 Å². The van der Waals surface area contributed by atoms with Gasteiger partial charge in [-0.1, -0.05) is 24.3 Å². The van der Waals surface area contributed by atoms with Crippen molar-refractivity contribution in [1.29, 1.82) is 0 Å². The van der Waals surface area contributed by atoms with E-state index in [1.807, 2.05) is 12.1 Å². The second-order valence-electron chi connectivity index (χ2n) is 6.10. The molecule has 2 aromatic rings. The summed E-state index contributed by atoms with van der Waals surface area (Å²) in [4.78, 5) is 16.7. The van der Waals surface area contributed by atoms with Crippen molar-refractivity contribution in [2.45, 2.75) is 32.4 Å². The fraction of sp³-hybridized carbons (Fsp3) is 0.389. The normalized spacial score (nSPS) is 13.4. The largest absolute Gasteiger partial charge is 0.347 e. The molecule has 22 heavy (non-hydrogen) atoms. The first-order chi connectivity index (χ1) is 10.6. The van der Waals surface area contributed by atoms with Gasteiger partial charge in [0.25, 0.3) is 5.91 Å². The molecule has 4 heteroatoms. The summed E-state index contributed by atoms with van der Waals surface area (Å²) in [6.07, 6.45) is 3.50. The van der Waals surface area contributed by atoms with E-state index in [0.717, 1.165) is 24.3 Å². The van der Waals surface area contributed by atoms with Crippen LogP contribution in [-0.4, -0.2) is 24.9 Å². The van der Waals surface area contributed by atoms with Crippen LogP contribution in [0.2, 0.25) is 0 Å². The predicted molar refractivity (Wildman–Crippen MR) is 91.3 cm³/mol. The molecule has 0 atom stereocenters. The lowest BCUT2D eigenvalue weighted by Gasteiger charge is -2.14. The van der Waals surface area contributed by atoms with Gasteiger partial charge in [-0.2, -0.15) is 0 Å². The van der Waals surface area contributed by atoms with Crippen LogP contribution in [0.4, 0.5) is 0 Å². The van der Waals surface area contributed by atoms with Gasteiger partial charge in [0, 0.05) is 18.0 Å². The van der Waals surface area contributed by atoms with Crippen LogP contribution in [0, 0.1) is 0 Å². The zero-order valence-electron chi connectivity index (χ0n) is 13.2. The standard InChI is InChI=1S/C18H22N2OS/c1-20(2)12-15-7-4-3-6-14(15)11-19-18(21)17-10-13-8-5-9-16(13)22-17/h3-4,6-7,10H,5,8-9,11-12H2,1-2H3,(H,19,21). The number of fused-ring (bicyclic) bond motifs is 1. The lowest BCUT2D eigenvalue weighted by atomic mass is 10.1. The molecule has 1 aliphatic carbocycles. The van der Waals surface area contributed by atoms with Crippen LogP contribution in [-0.2, 0) is 25.9 Å². The Balaban J connectivity index is 1.65. The first kappa shape index (κ1) is 15.3. The SMILES string of the molecule is CN(C)Cc1ccccc1CNC(=O)c1cc2c(s1)CCC2. The molecule has 1 heterocycles. The van der Waals surface area contributed by atoms with Crippen LogP contribution in [0.25, 0.3) is 0 Å². The fourth-order valence-electron chi connectivity index (χ4n) is 2.93. The number of nitrogens with zero attached hydrogens (tertiary/aromatic N) is 1. The Hall–Kier alpha value is -1.65. The quantitative estimate of drug-likeness (QED) is 0.919. The third kappa shape index (κ3) is 3.39. The Bertz CT molecular complexity index is 654. The highest BCUT2D eigenvalue weighted by molar-refractivity contribution is 7.14. The van der Waals surface area contributed by atoms with E-state index < -0.39 is 0 Å². The summed E-state index contributed by atoms with van der Waals surface area (Å²) in [5.74, 6) is 0.0547. The van der Waals surface area contributed by atoms with E-state index in [0.29, 0.717) is 6.54 Å². The first-order valence-corrected chi connectivity index (χ1v) is 8.56. The first-order valence-electron chi connectivity index (χ1n) is 7.75. The molecule has 0 saturated heterocycles. The minimum absolute atomic E-state index is 0.0547. The van der Waals surface area contributed by atoms with Gasteiger partial charge < -0.3 is 10.2 Å². The van der Waals surface area contributed by atoms with Crippen molar-refractivity contribution in [2.75, 3.05) is 14.1 Å². The van der Waals surface area contributed by atoms with E-state index in [1.54, 1.807) is 11.3 Å². The molecule has 0 aliphatic heterocycles. The van der Waals surface area contributed by atoms with Crippen molar-refractivity contribution in [3.8, 4) is 0 Å². The molecule has 0 unspecified atom stereocenters.